The van der Waals surface area contributed by atoms with Gasteiger partial charge in [-0.25, -0.2) is 4.39 Å². The van der Waals surface area contributed by atoms with Crippen LogP contribution < -0.4 is 15.2 Å². The van der Waals surface area contributed by atoms with E-state index in [0.717, 1.165) is 0 Å². The molecule has 2 aliphatic rings. The number of aromatic hydroxyl groups is 1. The van der Waals surface area contributed by atoms with Crippen LogP contribution in [-0.2, 0) is 4.87 Å². The quantitative estimate of drug-likeness (QED) is 0.405. The van der Waals surface area contributed by atoms with Crippen molar-refractivity contribution in [3.63, 3.8) is 0 Å². The van der Waals surface area contributed by atoms with Crippen LogP contribution in [0.1, 0.15) is 41.4 Å². The molecule has 0 fully saturated rings. The lowest BCUT2D eigenvalue weighted by atomic mass is 9.95. The van der Waals surface area contributed by atoms with Crippen LogP contribution in [0, 0.1) is 5.82 Å². The zero-order valence-electron chi connectivity index (χ0n) is 19.7. The Morgan fingerprint density at radius 1 is 1.11 bits per heavy atom. The van der Waals surface area contributed by atoms with Crippen molar-refractivity contribution in [3.8, 4) is 11.5 Å². The van der Waals surface area contributed by atoms with Crippen molar-refractivity contribution < 1.29 is 19.0 Å². The van der Waals surface area contributed by atoms with Crippen LogP contribution >= 0.6 is 12.6 Å². The van der Waals surface area contributed by atoms with Gasteiger partial charge in [0.15, 0.2) is 27.9 Å². The first-order valence-electron chi connectivity index (χ1n) is 11.8. The van der Waals surface area contributed by atoms with Gasteiger partial charge in [0.25, 0.3) is 5.91 Å². The number of para-hydroxylation sites is 1. The first kappa shape index (κ1) is 24.0. The van der Waals surface area contributed by atoms with Gasteiger partial charge in [-0.1, -0.05) is 61.5 Å². The summed E-state index contributed by atoms with van der Waals surface area (Å²) in [4.78, 5) is 26.4. The second kappa shape index (κ2) is 9.39. The molecule has 7 nitrogen and oxygen atoms in total. The maximum absolute atomic E-state index is 15.2. The monoisotopic (exact) mass is 507 g/mol. The molecule has 1 aromatic heterocycles. The van der Waals surface area contributed by atoms with E-state index in [1.54, 1.807) is 28.1 Å². The standard InChI is InChI=1S/C27H26FN3O4S/c1-2-19-11-6-7-16-35-25-20(12-8-13-21(25)28)27(36,18-9-4-3-5-10-18)31-17-29(19)26(34)23-24(33)22(32)14-15-30(23)31/h3-10,12-15,19,33,36H,2,11,16-17H2,1H3/b7-6+/t19-,27-/m0/s1. The fourth-order valence-electron chi connectivity index (χ4n) is 4.88. The topological polar surface area (TPSA) is 75.0 Å². The molecular weight excluding hydrogens is 481 g/mol. The number of halogens is 1. The van der Waals surface area contributed by atoms with E-state index in [2.05, 4.69) is 0 Å². The van der Waals surface area contributed by atoms with Gasteiger partial charge in [0.05, 0.1) is 0 Å². The Balaban J connectivity index is 1.87. The summed E-state index contributed by atoms with van der Waals surface area (Å²) < 4.78 is 22.6. The zero-order valence-corrected chi connectivity index (χ0v) is 20.6. The Labute approximate surface area is 213 Å². The molecule has 2 bridgehead atoms. The summed E-state index contributed by atoms with van der Waals surface area (Å²) in [6.45, 7) is 2.18. The zero-order chi connectivity index (χ0) is 25.4. The highest BCUT2D eigenvalue weighted by Crippen LogP contribution is 2.45. The minimum absolute atomic E-state index is 0.0314. The van der Waals surface area contributed by atoms with E-state index in [9.17, 15) is 14.7 Å². The van der Waals surface area contributed by atoms with Gasteiger partial charge in [-0.3, -0.25) is 19.3 Å². The fraction of sp³-hybridized carbons (Fsp3) is 0.259. The lowest BCUT2D eigenvalue weighted by Crippen LogP contribution is -2.62. The van der Waals surface area contributed by atoms with E-state index >= 15 is 4.39 Å². The van der Waals surface area contributed by atoms with Crippen LogP contribution in [0.3, 0.4) is 0 Å². The van der Waals surface area contributed by atoms with Gasteiger partial charge in [-0.15, -0.1) is 12.6 Å². The number of ether oxygens (including phenoxy) is 1. The van der Waals surface area contributed by atoms with Gasteiger partial charge in [0.1, 0.15) is 13.3 Å². The normalized spacial score (nSPS) is 22.5. The summed E-state index contributed by atoms with van der Waals surface area (Å²) in [7, 11) is 0. The average Bonchev–Trinajstić information content (AvgIpc) is 2.89. The fourth-order valence-corrected chi connectivity index (χ4v) is 5.37. The minimum atomic E-state index is -1.37. The average molecular weight is 508 g/mol. The number of carbonyl (C=O) groups is 1. The largest absolute Gasteiger partial charge is 0.502 e. The number of amides is 1. The van der Waals surface area contributed by atoms with Crippen molar-refractivity contribution in [1.82, 2.24) is 9.58 Å². The number of benzene rings is 2. The molecule has 0 unspecified atom stereocenters. The van der Waals surface area contributed by atoms with Crippen molar-refractivity contribution in [2.45, 2.75) is 30.7 Å². The van der Waals surface area contributed by atoms with Crippen molar-refractivity contribution in [2.75, 3.05) is 18.3 Å². The molecule has 3 heterocycles. The number of hydrogen-bond acceptors (Lipinski definition) is 6. The third kappa shape index (κ3) is 3.74. The second-order valence-corrected chi connectivity index (χ2v) is 9.42. The molecule has 186 valence electrons. The number of carbonyl (C=O) groups excluding carboxylic acids is 1. The number of rotatable bonds is 2. The molecule has 36 heavy (non-hydrogen) atoms. The molecule has 0 spiro atoms. The number of pyridine rings is 1. The van der Waals surface area contributed by atoms with E-state index in [-0.39, 0.29) is 30.8 Å². The predicted octanol–water partition coefficient (Wildman–Crippen LogP) is 3.99. The van der Waals surface area contributed by atoms with Crippen LogP contribution in [0.5, 0.6) is 11.5 Å². The molecule has 9 heteroatoms. The first-order valence-corrected chi connectivity index (χ1v) is 12.2. The number of hydrogen-bond donors (Lipinski definition) is 2. The van der Waals surface area contributed by atoms with Crippen molar-refractivity contribution in [2.24, 2.45) is 0 Å². The summed E-state index contributed by atoms with van der Waals surface area (Å²) in [5.74, 6) is -1.62. The molecule has 2 atom stereocenters. The molecule has 0 saturated carbocycles. The Kier molecular flexibility index (Phi) is 6.26. The maximum atomic E-state index is 15.2. The maximum Gasteiger partial charge on any atom is 0.278 e. The van der Waals surface area contributed by atoms with Gasteiger partial charge < -0.3 is 14.7 Å². The van der Waals surface area contributed by atoms with E-state index in [1.165, 1.54) is 23.0 Å². The lowest BCUT2D eigenvalue weighted by Gasteiger charge is -2.50. The lowest BCUT2D eigenvalue weighted by molar-refractivity contribution is 0.0578. The molecule has 3 aromatic rings. The van der Waals surface area contributed by atoms with Gasteiger partial charge in [-0.2, -0.15) is 0 Å². The summed E-state index contributed by atoms with van der Waals surface area (Å²) in [6.07, 6.45) is 6.29. The highest BCUT2D eigenvalue weighted by Gasteiger charge is 2.47. The molecule has 0 aliphatic carbocycles. The Bertz CT molecular complexity index is 1390. The summed E-state index contributed by atoms with van der Waals surface area (Å²) >= 11 is 5.19. The van der Waals surface area contributed by atoms with Crippen LogP contribution in [0.25, 0.3) is 0 Å². The van der Waals surface area contributed by atoms with Gasteiger partial charge in [0.2, 0.25) is 5.43 Å². The van der Waals surface area contributed by atoms with E-state index in [0.29, 0.717) is 24.0 Å². The molecule has 1 amide bonds. The first-order chi connectivity index (χ1) is 17.4. The highest BCUT2D eigenvalue weighted by molar-refractivity contribution is 7.81. The van der Waals surface area contributed by atoms with Gasteiger partial charge >= 0.3 is 0 Å². The van der Waals surface area contributed by atoms with Crippen molar-refractivity contribution in [3.05, 3.63) is 106 Å². The highest BCUT2D eigenvalue weighted by atomic mass is 32.1. The Morgan fingerprint density at radius 3 is 2.64 bits per heavy atom. The third-order valence-electron chi connectivity index (χ3n) is 6.77. The van der Waals surface area contributed by atoms with E-state index in [1.807, 2.05) is 43.3 Å². The molecule has 5 rings (SSSR count). The molecule has 0 radical (unpaired) electrons. The second-order valence-electron chi connectivity index (χ2n) is 8.77. The smallest absolute Gasteiger partial charge is 0.278 e. The van der Waals surface area contributed by atoms with Crippen molar-refractivity contribution in [1.29, 1.82) is 0 Å². The Morgan fingerprint density at radius 2 is 1.89 bits per heavy atom. The van der Waals surface area contributed by atoms with E-state index in [4.69, 9.17) is 17.4 Å². The molecule has 1 N–H and O–H groups in total. The number of fused-ring (bicyclic) bond motifs is 5. The van der Waals surface area contributed by atoms with E-state index < -0.39 is 27.8 Å². The minimum Gasteiger partial charge on any atom is -0.502 e. The predicted molar refractivity (Wildman–Crippen MR) is 138 cm³/mol. The van der Waals surface area contributed by atoms with Gasteiger partial charge in [0, 0.05) is 23.9 Å². The van der Waals surface area contributed by atoms with Gasteiger partial charge in [-0.05, 0) is 24.5 Å². The molecule has 0 saturated heterocycles. The van der Waals surface area contributed by atoms with Crippen LogP contribution in [-0.4, -0.2) is 39.9 Å². The summed E-state index contributed by atoms with van der Waals surface area (Å²) in [5, 5.41) is 12.5. The number of thiol groups is 1. The summed E-state index contributed by atoms with van der Waals surface area (Å²) in [5.41, 5.74) is 0.270. The van der Waals surface area contributed by atoms with Crippen LogP contribution in [0.15, 0.2) is 77.7 Å². The summed E-state index contributed by atoms with van der Waals surface area (Å²) in [6, 6.07) is 14.9. The van der Waals surface area contributed by atoms with Crippen LogP contribution in [0.2, 0.25) is 0 Å². The molecule has 2 aliphatic heterocycles. The Hall–Kier alpha value is -3.72. The van der Waals surface area contributed by atoms with Crippen molar-refractivity contribution >= 4 is 18.5 Å². The molecular formula is C27H26FN3O4S. The number of aromatic nitrogens is 1. The number of nitrogens with zero attached hydrogens (tertiary/aromatic N) is 3. The SMILES string of the molecule is CC[C@H]1C/C=C/COc2c(F)cccc2[C@@](S)(c2ccccc2)N2CN1C(=O)c1c(O)c(=O)ccn12. The van der Waals surface area contributed by atoms with Crippen LogP contribution in [0.4, 0.5) is 4.39 Å². The molecule has 2 aromatic carbocycles. The third-order valence-corrected chi connectivity index (χ3v) is 7.50.